The third-order valence-corrected chi connectivity index (χ3v) is 8.21. The van der Waals surface area contributed by atoms with E-state index in [4.69, 9.17) is 9.97 Å². The van der Waals surface area contributed by atoms with Crippen molar-refractivity contribution in [2.24, 2.45) is 0 Å². The lowest BCUT2D eigenvalue weighted by atomic mass is 9.88. The van der Waals surface area contributed by atoms with Crippen LogP contribution in [0.25, 0.3) is 21.8 Å². The predicted octanol–water partition coefficient (Wildman–Crippen LogP) is 6.07. The van der Waals surface area contributed by atoms with Gasteiger partial charge in [-0.1, -0.05) is 60.7 Å². The Hall–Kier alpha value is -4.72. The third kappa shape index (κ3) is 5.84. The highest BCUT2D eigenvalue weighted by molar-refractivity contribution is 6.01. The van der Waals surface area contributed by atoms with Gasteiger partial charge in [-0.15, -0.1) is 0 Å². The zero-order chi connectivity index (χ0) is 29.1. The van der Waals surface area contributed by atoms with Gasteiger partial charge in [0, 0.05) is 60.6 Å². The molecule has 42 heavy (non-hydrogen) atoms. The average Bonchev–Trinajstić information content (AvgIpc) is 3.44. The van der Waals surface area contributed by atoms with E-state index in [0.29, 0.717) is 11.5 Å². The number of Topliss-reactive ketones (excluding diaryl/α,β-unsaturated/α-hetero) is 1. The van der Waals surface area contributed by atoms with Gasteiger partial charge in [0.2, 0.25) is 11.9 Å². The van der Waals surface area contributed by atoms with Crippen molar-refractivity contribution in [3.8, 4) is 0 Å². The molecule has 5 aromatic rings. The Balaban J connectivity index is 1.14. The number of carbonyl (C=O) groups excluding carboxylic acids is 2. The molecule has 8 nitrogen and oxygen atoms in total. The van der Waals surface area contributed by atoms with Crippen molar-refractivity contribution in [2.45, 2.75) is 50.1 Å². The molecule has 2 aromatic heterocycles. The summed E-state index contributed by atoms with van der Waals surface area (Å²) in [5.41, 5.74) is 3.34. The SMILES string of the molecule is CN(C)c1nc(NC2CCC(NC(=O)C(CC(=O)c3ccccc3)c3c[nH]c4ccccc34)CC2)nc2ccccc12. The second-order valence-corrected chi connectivity index (χ2v) is 11.3. The number of benzene rings is 3. The number of nitrogens with zero attached hydrogens (tertiary/aromatic N) is 3. The van der Waals surface area contributed by atoms with Crippen molar-refractivity contribution in [3.05, 3.63) is 96.2 Å². The topological polar surface area (TPSA) is 103 Å². The van der Waals surface area contributed by atoms with Gasteiger partial charge < -0.3 is 20.5 Å². The van der Waals surface area contributed by atoms with Crippen LogP contribution >= 0.6 is 0 Å². The summed E-state index contributed by atoms with van der Waals surface area (Å²) < 4.78 is 0. The normalized spacial score (nSPS) is 17.6. The first-order valence-electron chi connectivity index (χ1n) is 14.6. The molecule has 0 radical (unpaired) electrons. The molecule has 0 bridgehead atoms. The Morgan fingerprint density at radius 1 is 0.857 bits per heavy atom. The third-order valence-electron chi connectivity index (χ3n) is 8.21. The van der Waals surface area contributed by atoms with Crippen LogP contribution in [0.3, 0.4) is 0 Å². The Morgan fingerprint density at radius 2 is 1.52 bits per heavy atom. The van der Waals surface area contributed by atoms with Crippen LogP contribution in [-0.2, 0) is 4.79 Å². The lowest BCUT2D eigenvalue weighted by Gasteiger charge is -2.31. The number of H-pyrrole nitrogens is 1. The smallest absolute Gasteiger partial charge is 0.228 e. The van der Waals surface area contributed by atoms with E-state index >= 15 is 0 Å². The number of ketones is 1. The van der Waals surface area contributed by atoms with Gasteiger partial charge in [0.15, 0.2) is 5.78 Å². The maximum Gasteiger partial charge on any atom is 0.228 e. The predicted molar refractivity (Wildman–Crippen MR) is 168 cm³/mol. The number of nitrogens with one attached hydrogen (secondary N) is 3. The Labute approximate surface area is 245 Å². The van der Waals surface area contributed by atoms with Crippen molar-refractivity contribution < 1.29 is 9.59 Å². The molecule has 0 saturated heterocycles. The number of rotatable bonds is 9. The van der Waals surface area contributed by atoms with E-state index in [0.717, 1.165) is 58.9 Å². The van der Waals surface area contributed by atoms with Crippen LogP contribution in [0.15, 0.2) is 85.1 Å². The second kappa shape index (κ2) is 12.0. The summed E-state index contributed by atoms with van der Waals surface area (Å²) in [6, 6.07) is 25.4. The lowest BCUT2D eigenvalue weighted by molar-refractivity contribution is -0.123. The van der Waals surface area contributed by atoms with Crippen molar-refractivity contribution in [3.63, 3.8) is 0 Å². The molecule has 3 aromatic carbocycles. The summed E-state index contributed by atoms with van der Waals surface area (Å²) in [7, 11) is 3.98. The van der Waals surface area contributed by atoms with E-state index in [1.165, 1.54) is 0 Å². The maximum atomic E-state index is 13.8. The van der Waals surface area contributed by atoms with Gasteiger partial charge in [-0.05, 0) is 49.4 Å². The van der Waals surface area contributed by atoms with E-state index in [1.807, 2.05) is 104 Å². The minimum atomic E-state index is -0.583. The fourth-order valence-electron chi connectivity index (χ4n) is 5.99. The van der Waals surface area contributed by atoms with Crippen LogP contribution in [0.2, 0.25) is 0 Å². The van der Waals surface area contributed by atoms with Gasteiger partial charge in [0.25, 0.3) is 0 Å². The van der Waals surface area contributed by atoms with Crippen LogP contribution < -0.4 is 15.5 Å². The number of aromatic amines is 1. The highest BCUT2D eigenvalue weighted by Crippen LogP contribution is 2.31. The molecule has 1 unspecified atom stereocenters. The number of anilines is 2. The van der Waals surface area contributed by atoms with Gasteiger partial charge in [0.05, 0.1) is 11.4 Å². The summed E-state index contributed by atoms with van der Waals surface area (Å²) in [5.74, 6) is 0.789. The largest absolute Gasteiger partial charge is 0.362 e. The number of hydrogen-bond acceptors (Lipinski definition) is 6. The van der Waals surface area contributed by atoms with Gasteiger partial charge in [-0.25, -0.2) is 4.98 Å². The van der Waals surface area contributed by atoms with E-state index in [9.17, 15) is 9.59 Å². The molecule has 0 spiro atoms. The van der Waals surface area contributed by atoms with Crippen LogP contribution in [0, 0.1) is 0 Å². The molecule has 1 aliphatic rings. The highest BCUT2D eigenvalue weighted by atomic mass is 16.2. The van der Waals surface area contributed by atoms with E-state index in [1.54, 1.807) is 0 Å². The average molecular weight is 561 g/mol. The molecule has 0 aliphatic heterocycles. The number of amides is 1. The molecule has 1 atom stereocenters. The number of carbonyl (C=O) groups is 2. The molecular weight excluding hydrogens is 524 g/mol. The van der Waals surface area contributed by atoms with Crippen molar-refractivity contribution in [1.29, 1.82) is 0 Å². The number of fused-ring (bicyclic) bond motifs is 2. The highest BCUT2D eigenvalue weighted by Gasteiger charge is 2.30. The van der Waals surface area contributed by atoms with Gasteiger partial charge in [-0.2, -0.15) is 4.98 Å². The Kier molecular flexibility index (Phi) is 7.86. The standard InChI is InChI=1S/C34H36N6O2/c1-40(2)32-26-13-7-9-15-30(26)38-34(39-32)37-24-18-16-23(17-19-24)36-33(42)27(20-31(41)22-10-4-3-5-11-22)28-21-35-29-14-8-6-12-25(28)29/h3-15,21,23-24,27,35H,16-20H2,1-2H3,(H,36,42)(H,37,38,39). The second-order valence-electron chi connectivity index (χ2n) is 11.3. The fraction of sp³-hybridized carbons (Fsp3) is 0.294. The first-order valence-corrected chi connectivity index (χ1v) is 14.6. The number of hydrogen-bond donors (Lipinski definition) is 3. The molecule has 1 fully saturated rings. The molecule has 6 rings (SSSR count). The first-order chi connectivity index (χ1) is 20.5. The summed E-state index contributed by atoms with van der Waals surface area (Å²) in [4.78, 5) is 41.9. The Morgan fingerprint density at radius 3 is 2.29 bits per heavy atom. The summed E-state index contributed by atoms with van der Waals surface area (Å²) in [6.45, 7) is 0. The Bertz CT molecular complexity index is 1710. The van der Waals surface area contributed by atoms with E-state index in [2.05, 4.69) is 15.6 Å². The first kappa shape index (κ1) is 27.4. The summed E-state index contributed by atoms with van der Waals surface area (Å²) in [6.07, 6.45) is 5.44. The molecule has 3 N–H and O–H groups in total. The molecule has 1 amide bonds. The van der Waals surface area contributed by atoms with Crippen LogP contribution in [0.4, 0.5) is 11.8 Å². The van der Waals surface area contributed by atoms with Crippen molar-refractivity contribution in [1.82, 2.24) is 20.3 Å². The van der Waals surface area contributed by atoms with E-state index in [-0.39, 0.29) is 30.2 Å². The van der Waals surface area contributed by atoms with Crippen LogP contribution in [0.5, 0.6) is 0 Å². The quantitative estimate of drug-likeness (QED) is 0.189. The molecule has 1 saturated carbocycles. The molecule has 8 heteroatoms. The number of para-hydroxylation sites is 2. The van der Waals surface area contributed by atoms with Crippen LogP contribution in [-0.4, -0.2) is 52.8 Å². The minimum Gasteiger partial charge on any atom is -0.362 e. The fourth-order valence-corrected chi connectivity index (χ4v) is 5.99. The van der Waals surface area contributed by atoms with Gasteiger partial charge >= 0.3 is 0 Å². The molecule has 2 heterocycles. The minimum absolute atomic E-state index is 0.0404. The van der Waals surface area contributed by atoms with Gasteiger partial charge in [0.1, 0.15) is 5.82 Å². The lowest BCUT2D eigenvalue weighted by Crippen LogP contribution is -2.42. The zero-order valence-corrected chi connectivity index (χ0v) is 24.0. The van der Waals surface area contributed by atoms with Crippen molar-refractivity contribution in [2.75, 3.05) is 24.3 Å². The molecular formula is C34H36N6O2. The molecule has 1 aliphatic carbocycles. The van der Waals surface area contributed by atoms with Crippen molar-refractivity contribution >= 4 is 45.3 Å². The summed E-state index contributed by atoms with van der Waals surface area (Å²) >= 11 is 0. The maximum absolute atomic E-state index is 13.8. The summed E-state index contributed by atoms with van der Waals surface area (Å²) in [5, 5.41) is 8.83. The van der Waals surface area contributed by atoms with Gasteiger partial charge in [-0.3, -0.25) is 9.59 Å². The number of aromatic nitrogens is 3. The van der Waals surface area contributed by atoms with Crippen LogP contribution in [0.1, 0.15) is 53.9 Å². The molecule has 214 valence electrons. The zero-order valence-electron chi connectivity index (χ0n) is 24.0. The monoisotopic (exact) mass is 560 g/mol. The van der Waals surface area contributed by atoms with E-state index < -0.39 is 5.92 Å².